The molecule has 19 heavy (non-hydrogen) atoms. The summed E-state index contributed by atoms with van der Waals surface area (Å²) in [6.07, 6.45) is 3.43. The minimum Gasteiger partial charge on any atom is -0.309 e. The zero-order valence-electron chi connectivity index (χ0n) is 12.9. The average Bonchev–Trinajstić information content (AvgIpc) is 2.68. The summed E-state index contributed by atoms with van der Waals surface area (Å²) in [5, 5.41) is 4.94. The first kappa shape index (κ1) is 14.9. The van der Waals surface area contributed by atoms with E-state index in [2.05, 4.69) is 45.1 Å². The predicted molar refractivity (Wildman–Crippen MR) is 82.9 cm³/mol. The van der Waals surface area contributed by atoms with Gasteiger partial charge in [0.15, 0.2) is 0 Å². The van der Waals surface area contributed by atoms with Gasteiger partial charge in [-0.2, -0.15) is 0 Å². The van der Waals surface area contributed by atoms with Crippen molar-refractivity contribution in [3.05, 3.63) is 15.6 Å². The van der Waals surface area contributed by atoms with E-state index in [-0.39, 0.29) is 0 Å². The van der Waals surface area contributed by atoms with Crippen molar-refractivity contribution >= 4 is 11.3 Å². The molecule has 0 spiro atoms. The molecule has 0 aliphatic heterocycles. The van der Waals surface area contributed by atoms with Gasteiger partial charge in [-0.05, 0) is 38.9 Å². The summed E-state index contributed by atoms with van der Waals surface area (Å²) >= 11 is 1.93. The summed E-state index contributed by atoms with van der Waals surface area (Å²) in [4.78, 5) is 8.63. The highest BCUT2D eigenvalue weighted by molar-refractivity contribution is 7.11. The van der Waals surface area contributed by atoms with Crippen LogP contribution in [0.25, 0.3) is 0 Å². The maximum absolute atomic E-state index is 4.90. The Labute approximate surface area is 121 Å². The lowest BCUT2D eigenvalue weighted by molar-refractivity contribution is 0.260. The first-order chi connectivity index (χ1) is 8.91. The van der Waals surface area contributed by atoms with Gasteiger partial charge in [-0.3, -0.25) is 0 Å². The Morgan fingerprint density at radius 2 is 2.16 bits per heavy atom. The van der Waals surface area contributed by atoms with Crippen LogP contribution in [0.5, 0.6) is 0 Å². The van der Waals surface area contributed by atoms with Gasteiger partial charge in [0.25, 0.3) is 0 Å². The maximum Gasteiger partial charge on any atom is 0.0944 e. The van der Waals surface area contributed by atoms with Crippen LogP contribution < -0.4 is 5.32 Å². The Morgan fingerprint density at radius 3 is 2.79 bits per heavy atom. The number of nitrogens with zero attached hydrogens (tertiary/aromatic N) is 2. The Hall–Kier alpha value is -0.450. The lowest BCUT2D eigenvalue weighted by atomic mass is 9.76. The molecular formula is C15H27N3S. The Kier molecular flexibility index (Phi) is 4.64. The van der Waals surface area contributed by atoms with Gasteiger partial charge < -0.3 is 10.2 Å². The second-order valence-corrected chi connectivity index (χ2v) is 7.74. The standard InChI is InChI=1S/C15H27N3S/c1-6-16-11-9-15(2,3)10-12-14(11)19-13(17-12)7-8-18(4)5/h11,16H,6-10H2,1-5H3. The third-order valence-corrected chi connectivity index (χ3v) is 4.99. The highest BCUT2D eigenvalue weighted by Gasteiger charge is 2.34. The fourth-order valence-electron chi connectivity index (χ4n) is 2.82. The highest BCUT2D eigenvalue weighted by atomic mass is 32.1. The van der Waals surface area contributed by atoms with Gasteiger partial charge in [-0.25, -0.2) is 4.98 Å². The molecule has 0 saturated heterocycles. The van der Waals surface area contributed by atoms with Crippen LogP contribution in [0, 0.1) is 5.41 Å². The predicted octanol–water partition coefficient (Wildman–Crippen LogP) is 2.87. The fraction of sp³-hybridized carbons (Fsp3) is 0.800. The lowest BCUT2D eigenvalue weighted by Crippen LogP contribution is -2.32. The third-order valence-electron chi connectivity index (χ3n) is 3.71. The van der Waals surface area contributed by atoms with Crippen molar-refractivity contribution in [2.24, 2.45) is 5.41 Å². The topological polar surface area (TPSA) is 28.2 Å². The largest absolute Gasteiger partial charge is 0.309 e. The molecule has 1 N–H and O–H groups in total. The van der Waals surface area contributed by atoms with Crippen LogP contribution in [0.3, 0.4) is 0 Å². The molecule has 0 amide bonds. The zero-order chi connectivity index (χ0) is 14.0. The molecule has 1 aliphatic rings. The molecule has 2 rings (SSSR count). The molecule has 1 aromatic rings. The lowest BCUT2D eigenvalue weighted by Gasteiger charge is -2.34. The molecule has 0 fully saturated rings. The van der Waals surface area contributed by atoms with Crippen LogP contribution in [-0.4, -0.2) is 37.1 Å². The van der Waals surface area contributed by atoms with E-state index in [1.54, 1.807) is 0 Å². The molecule has 0 saturated carbocycles. The summed E-state index contributed by atoms with van der Waals surface area (Å²) in [6.45, 7) is 9.03. The van der Waals surface area contributed by atoms with E-state index in [1.807, 2.05) is 11.3 Å². The molecule has 1 atom stereocenters. The van der Waals surface area contributed by atoms with Crippen LogP contribution in [0.2, 0.25) is 0 Å². The number of rotatable bonds is 5. The van der Waals surface area contributed by atoms with Gasteiger partial charge in [0.1, 0.15) is 0 Å². The molecule has 0 radical (unpaired) electrons. The number of nitrogens with one attached hydrogen (secondary N) is 1. The van der Waals surface area contributed by atoms with Crippen LogP contribution in [0.4, 0.5) is 0 Å². The first-order valence-electron chi connectivity index (χ1n) is 7.28. The van der Waals surface area contributed by atoms with Gasteiger partial charge in [-0.15, -0.1) is 11.3 Å². The highest BCUT2D eigenvalue weighted by Crippen LogP contribution is 2.42. The van der Waals surface area contributed by atoms with Crippen LogP contribution in [0.15, 0.2) is 0 Å². The van der Waals surface area contributed by atoms with Crippen molar-refractivity contribution in [1.82, 2.24) is 15.2 Å². The summed E-state index contributed by atoms with van der Waals surface area (Å²) in [6, 6.07) is 0.509. The molecule has 4 heteroatoms. The van der Waals surface area contributed by atoms with Gasteiger partial charge >= 0.3 is 0 Å². The van der Waals surface area contributed by atoms with E-state index < -0.39 is 0 Å². The second-order valence-electron chi connectivity index (χ2n) is 6.63. The summed E-state index contributed by atoms with van der Waals surface area (Å²) in [5.41, 5.74) is 1.72. The van der Waals surface area contributed by atoms with Gasteiger partial charge in [0, 0.05) is 23.9 Å². The molecule has 0 aromatic carbocycles. The number of thiazole rings is 1. The quantitative estimate of drug-likeness (QED) is 0.899. The van der Waals surface area contributed by atoms with Crippen LogP contribution in [0.1, 0.15) is 48.8 Å². The van der Waals surface area contributed by atoms with Crippen molar-refractivity contribution < 1.29 is 0 Å². The van der Waals surface area contributed by atoms with E-state index in [0.717, 1.165) is 25.9 Å². The van der Waals surface area contributed by atoms with Crippen molar-refractivity contribution in [2.75, 3.05) is 27.2 Å². The summed E-state index contributed by atoms with van der Waals surface area (Å²) in [5.74, 6) is 0. The Balaban J connectivity index is 2.18. The van der Waals surface area contributed by atoms with Crippen molar-refractivity contribution in [3.8, 4) is 0 Å². The van der Waals surface area contributed by atoms with E-state index in [4.69, 9.17) is 4.98 Å². The van der Waals surface area contributed by atoms with Crippen molar-refractivity contribution in [3.63, 3.8) is 0 Å². The monoisotopic (exact) mass is 281 g/mol. The Morgan fingerprint density at radius 1 is 1.42 bits per heavy atom. The van der Waals surface area contributed by atoms with Gasteiger partial charge in [0.2, 0.25) is 0 Å². The minimum atomic E-state index is 0.368. The number of hydrogen-bond acceptors (Lipinski definition) is 4. The minimum absolute atomic E-state index is 0.368. The fourth-order valence-corrected chi connectivity index (χ4v) is 3.97. The van der Waals surface area contributed by atoms with E-state index in [1.165, 1.54) is 22.0 Å². The van der Waals surface area contributed by atoms with Crippen molar-refractivity contribution in [1.29, 1.82) is 0 Å². The number of likely N-dealkylation sites (N-methyl/N-ethyl adjacent to an activating group) is 1. The third kappa shape index (κ3) is 3.77. The maximum atomic E-state index is 4.90. The molecule has 1 aromatic heterocycles. The molecular weight excluding hydrogens is 254 g/mol. The van der Waals surface area contributed by atoms with E-state index >= 15 is 0 Å². The molecule has 108 valence electrons. The first-order valence-corrected chi connectivity index (χ1v) is 8.09. The number of fused-ring (bicyclic) bond motifs is 1. The Bertz CT molecular complexity index is 423. The molecule has 1 heterocycles. The molecule has 1 unspecified atom stereocenters. The van der Waals surface area contributed by atoms with Crippen LogP contribution >= 0.6 is 11.3 Å². The number of aromatic nitrogens is 1. The SMILES string of the molecule is CCNC1CC(C)(C)Cc2nc(CCN(C)C)sc21. The normalized spacial score (nSPS) is 21.7. The van der Waals surface area contributed by atoms with Gasteiger partial charge in [0.05, 0.1) is 10.7 Å². The average molecular weight is 281 g/mol. The zero-order valence-corrected chi connectivity index (χ0v) is 13.7. The molecule has 0 bridgehead atoms. The van der Waals surface area contributed by atoms with Gasteiger partial charge in [-0.1, -0.05) is 20.8 Å². The summed E-state index contributed by atoms with van der Waals surface area (Å²) < 4.78 is 0. The number of hydrogen-bond donors (Lipinski definition) is 1. The van der Waals surface area contributed by atoms with Crippen molar-refractivity contribution in [2.45, 2.75) is 46.1 Å². The second kappa shape index (κ2) is 5.90. The van der Waals surface area contributed by atoms with E-state index in [0.29, 0.717) is 11.5 Å². The molecule has 1 aliphatic carbocycles. The van der Waals surface area contributed by atoms with E-state index in [9.17, 15) is 0 Å². The summed E-state index contributed by atoms with van der Waals surface area (Å²) in [7, 11) is 4.25. The smallest absolute Gasteiger partial charge is 0.0944 e. The molecule has 3 nitrogen and oxygen atoms in total. The van der Waals surface area contributed by atoms with Crippen LogP contribution in [-0.2, 0) is 12.8 Å².